The Hall–Kier alpha value is -2.53. The molecule has 0 aliphatic rings. The molecule has 0 aliphatic carbocycles. The minimum Gasteiger partial charge on any atom is -0.508 e. The highest BCUT2D eigenvalue weighted by atomic mass is 35.5. The van der Waals surface area contributed by atoms with Crippen molar-refractivity contribution in [1.82, 2.24) is 0 Å². The highest BCUT2D eigenvalue weighted by molar-refractivity contribution is 6.34. The van der Waals surface area contributed by atoms with Gasteiger partial charge in [0.15, 0.2) is 0 Å². The molecule has 0 spiro atoms. The molecule has 0 saturated carbocycles. The maximum Gasteiger partial charge on any atom is 0.337 e. The summed E-state index contributed by atoms with van der Waals surface area (Å²) in [4.78, 5) is 24.8. The summed E-state index contributed by atoms with van der Waals surface area (Å²) in [6, 6.07) is 10.2. The van der Waals surface area contributed by atoms with E-state index in [2.05, 4.69) is 0 Å². The quantitative estimate of drug-likeness (QED) is 0.913. The minimum atomic E-state index is -1.13. The molecule has 6 heteroatoms. The summed E-state index contributed by atoms with van der Waals surface area (Å²) in [5.41, 5.74) is 0.346. The molecule has 2 aromatic rings. The third-order valence-electron chi connectivity index (χ3n) is 2.98. The van der Waals surface area contributed by atoms with Gasteiger partial charge in [-0.25, -0.2) is 4.79 Å². The number of carbonyl (C=O) groups excluding carboxylic acids is 1. The van der Waals surface area contributed by atoms with Gasteiger partial charge in [-0.3, -0.25) is 4.79 Å². The van der Waals surface area contributed by atoms with Gasteiger partial charge in [-0.1, -0.05) is 23.7 Å². The number of amides is 1. The van der Waals surface area contributed by atoms with Crippen molar-refractivity contribution in [2.45, 2.75) is 0 Å². The van der Waals surface area contributed by atoms with Crippen LogP contribution < -0.4 is 4.90 Å². The lowest BCUT2D eigenvalue weighted by Crippen LogP contribution is -2.28. The number of hydrogen-bond acceptors (Lipinski definition) is 3. The van der Waals surface area contributed by atoms with Gasteiger partial charge in [-0.15, -0.1) is 0 Å². The smallest absolute Gasteiger partial charge is 0.337 e. The third kappa shape index (κ3) is 2.98. The zero-order valence-electron chi connectivity index (χ0n) is 11.1. The van der Waals surface area contributed by atoms with E-state index in [1.165, 1.54) is 42.3 Å². The van der Waals surface area contributed by atoms with Crippen molar-refractivity contribution in [3.63, 3.8) is 0 Å². The normalized spacial score (nSPS) is 10.2. The lowest BCUT2D eigenvalue weighted by molar-refractivity contribution is 0.0697. The average Bonchev–Trinajstić information content (AvgIpc) is 2.48. The molecule has 1 amide bonds. The highest BCUT2D eigenvalue weighted by Gasteiger charge is 2.21. The monoisotopic (exact) mass is 305 g/mol. The Morgan fingerprint density at radius 2 is 1.76 bits per heavy atom. The number of hydrogen-bond donors (Lipinski definition) is 2. The molecule has 0 fully saturated rings. The van der Waals surface area contributed by atoms with E-state index in [1.54, 1.807) is 12.1 Å². The SMILES string of the molecule is CN(C(=O)c1cc(O)ccc1Cl)c1ccccc1C(=O)O. The average molecular weight is 306 g/mol. The van der Waals surface area contributed by atoms with Gasteiger partial charge in [-0.05, 0) is 30.3 Å². The van der Waals surface area contributed by atoms with Crippen LogP contribution in [-0.2, 0) is 0 Å². The van der Waals surface area contributed by atoms with Crippen LogP contribution in [0.3, 0.4) is 0 Å². The number of aromatic hydroxyl groups is 1. The first-order valence-electron chi connectivity index (χ1n) is 6.00. The lowest BCUT2D eigenvalue weighted by Gasteiger charge is -2.20. The Morgan fingerprint density at radius 1 is 1.10 bits per heavy atom. The fraction of sp³-hybridized carbons (Fsp3) is 0.0667. The number of aromatic carboxylic acids is 1. The number of phenols is 1. The number of benzene rings is 2. The number of anilines is 1. The fourth-order valence-electron chi connectivity index (χ4n) is 1.91. The molecule has 2 rings (SSSR count). The summed E-state index contributed by atoms with van der Waals surface area (Å²) in [6.07, 6.45) is 0. The first-order chi connectivity index (χ1) is 9.91. The second kappa shape index (κ2) is 5.85. The molecule has 0 aromatic heterocycles. The molecular weight excluding hydrogens is 294 g/mol. The number of para-hydroxylation sites is 1. The molecule has 0 saturated heterocycles. The molecule has 0 bridgehead atoms. The number of phenolic OH excluding ortho intramolecular Hbond substituents is 1. The molecular formula is C15H12ClNO4. The Bertz CT molecular complexity index is 715. The van der Waals surface area contributed by atoms with Crippen molar-refractivity contribution in [1.29, 1.82) is 0 Å². The molecule has 2 aromatic carbocycles. The van der Waals surface area contributed by atoms with E-state index in [0.29, 0.717) is 0 Å². The van der Waals surface area contributed by atoms with E-state index in [0.717, 1.165) is 0 Å². The van der Waals surface area contributed by atoms with Gasteiger partial charge in [0.2, 0.25) is 0 Å². The van der Waals surface area contributed by atoms with Crippen molar-refractivity contribution in [3.05, 3.63) is 58.6 Å². The first kappa shape index (κ1) is 14.9. The number of carbonyl (C=O) groups is 2. The van der Waals surface area contributed by atoms with Crippen molar-refractivity contribution >= 4 is 29.2 Å². The lowest BCUT2D eigenvalue weighted by atomic mass is 10.1. The molecule has 5 nitrogen and oxygen atoms in total. The summed E-state index contributed by atoms with van der Waals surface area (Å²) < 4.78 is 0. The number of rotatable bonds is 3. The van der Waals surface area contributed by atoms with Gasteiger partial charge in [-0.2, -0.15) is 0 Å². The largest absolute Gasteiger partial charge is 0.508 e. The van der Waals surface area contributed by atoms with E-state index >= 15 is 0 Å². The predicted molar refractivity (Wildman–Crippen MR) is 79.3 cm³/mol. The van der Waals surface area contributed by atoms with Crippen LogP contribution in [0.5, 0.6) is 5.75 Å². The van der Waals surface area contributed by atoms with Gasteiger partial charge in [0, 0.05) is 7.05 Å². The topological polar surface area (TPSA) is 77.8 Å². The van der Waals surface area contributed by atoms with E-state index in [-0.39, 0.29) is 27.6 Å². The van der Waals surface area contributed by atoms with Gasteiger partial charge in [0.25, 0.3) is 5.91 Å². The van der Waals surface area contributed by atoms with E-state index < -0.39 is 11.9 Å². The van der Waals surface area contributed by atoms with E-state index in [9.17, 15) is 14.7 Å². The Morgan fingerprint density at radius 3 is 2.43 bits per heavy atom. The summed E-state index contributed by atoms with van der Waals surface area (Å²) in [5, 5.41) is 18.8. The fourth-order valence-corrected chi connectivity index (χ4v) is 2.11. The van der Waals surface area contributed by atoms with Gasteiger partial charge in [0.1, 0.15) is 5.75 Å². The van der Waals surface area contributed by atoms with Gasteiger partial charge in [0.05, 0.1) is 21.8 Å². The van der Waals surface area contributed by atoms with Crippen LogP contribution in [0.1, 0.15) is 20.7 Å². The van der Waals surface area contributed by atoms with Crippen LogP contribution in [0, 0.1) is 0 Å². The van der Waals surface area contributed by atoms with Crippen LogP contribution >= 0.6 is 11.6 Å². The van der Waals surface area contributed by atoms with E-state index in [4.69, 9.17) is 16.7 Å². The van der Waals surface area contributed by atoms with Crippen LogP contribution in [0.4, 0.5) is 5.69 Å². The summed E-state index contributed by atoms with van der Waals surface area (Å²) in [5.74, 6) is -1.74. The Labute approximate surface area is 126 Å². The molecule has 2 N–H and O–H groups in total. The maximum atomic E-state index is 12.4. The van der Waals surface area contributed by atoms with E-state index in [1.807, 2.05) is 0 Å². The Kier molecular flexibility index (Phi) is 4.14. The molecule has 108 valence electrons. The number of carboxylic acids is 1. The van der Waals surface area contributed by atoms with Crippen LogP contribution in [-0.4, -0.2) is 29.1 Å². The van der Waals surface area contributed by atoms with Crippen LogP contribution in [0.2, 0.25) is 5.02 Å². The highest BCUT2D eigenvalue weighted by Crippen LogP contribution is 2.26. The molecule has 0 radical (unpaired) electrons. The molecule has 0 unspecified atom stereocenters. The number of carboxylic acid groups (broad SMARTS) is 1. The zero-order chi connectivity index (χ0) is 15.6. The van der Waals surface area contributed by atoms with Crippen LogP contribution in [0.15, 0.2) is 42.5 Å². The Balaban J connectivity index is 2.45. The third-order valence-corrected chi connectivity index (χ3v) is 3.31. The summed E-state index contributed by atoms with van der Waals surface area (Å²) in [7, 11) is 1.45. The van der Waals surface area contributed by atoms with Crippen molar-refractivity contribution in [2.75, 3.05) is 11.9 Å². The molecule has 0 heterocycles. The molecule has 21 heavy (non-hydrogen) atoms. The molecule has 0 atom stereocenters. The predicted octanol–water partition coefficient (Wildman–Crippen LogP) is 3.02. The standard InChI is InChI=1S/C15H12ClNO4/c1-17(13-5-3-2-4-10(13)15(20)21)14(19)11-8-9(18)6-7-12(11)16/h2-8,18H,1H3,(H,20,21). The minimum absolute atomic E-state index is 0.00428. The van der Waals surface area contributed by atoms with Crippen molar-refractivity contribution in [3.8, 4) is 5.75 Å². The first-order valence-corrected chi connectivity index (χ1v) is 6.38. The van der Waals surface area contributed by atoms with Crippen molar-refractivity contribution in [2.24, 2.45) is 0 Å². The molecule has 0 aliphatic heterocycles. The summed E-state index contributed by atoms with van der Waals surface area (Å²) in [6.45, 7) is 0. The maximum absolute atomic E-state index is 12.4. The van der Waals surface area contributed by atoms with Gasteiger partial charge >= 0.3 is 5.97 Å². The number of halogens is 1. The zero-order valence-corrected chi connectivity index (χ0v) is 11.8. The van der Waals surface area contributed by atoms with Crippen molar-refractivity contribution < 1.29 is 19.8 Å². The van der Waals surface area contributed by atoms with Crippen LogP contribution in [0.25, 0.3) is 0 Å². The second-order valence-electron chi connectivity index (χ2n) is 4.35. The van der Waals surface area contributed by atoms with Gasteiger partial charge < -0.3 is 15.1 Å². The number of nitrogens with zero attached hydrogens (tertiary/aromatic N) is 1. The second-order valence-corrected chi connectivity index (χ2v) is 4.76. The summed E-state index contributed by atoms with van der Waals surface area (Å²) >= 11 is 5.95.